The van der Waals surface area contributed by atoms with Crippen LogP contribution in [0.4, 0.5) is 0 Å². The Kier molecular flexibility index (Phi) is 14.3. The summed E-state index contributed by atoms with van der Waals surface area (Å²) in [5, 5.41) is 9.28. The normalized spacial score (nSPS) is 13.0. The fourth-order valence-electron chi connectivity index (χ4n) is 2.45. The van der Waals surface area contributed by atoms with Crippen molar-refractivity contribution >= 4 is 5.97 Å². The van der Waals surface area contributed by atoms with E-state index in [1.54, 1.807) is 0 Å². The van der Waals surface area contributed by atoms with E-state index in [1.807, 2.05) is 0 Å². The number of hydrogen-bond donors (Lipinski definition) is 1. The first-order chi connectivity index (χ1) is 11.4. The molecule has 0 aliphatic rings. The maximum atomic E-state index is 11.8. The summed E-state index contributed by atoms with van der Waals surface area (Å²) in [6.45, 7) is 9.13. The van der Waals surface area contributed by atoms with Gasteiger partial charge in [-0.2, -0.15) is 0 Å². The van der Waals surface area contributed by atoms with Gasteiger partial charge in [0.2, 0.25) is 0 Å². The molecule has 4 nitrogen and oxygen atoms in total. The predicted molar refractivity (Wildman–Crippen MR) is 99.1 cm³/mol. The Labute approximate surface area is 149 Å². The number of aliphatic hydroxyl groups is 1. The molecule has 0 aliphatic carbocycles. The first-order valence-electron chi connectivity index (χ1n) is 9.77. The first-order valence-corrected chi connectivity index (χ1v) is 9.77. The van der Waals surface area contributed by atoms with E-state index in [9.17, 15) is 9.90 Å². The van der Waals surface area contributed by atoms with Gasteiger partial charge in [0.05, 0.1) is 19.8 Å². The molecule has 144 valence electrons. The molecule has 0 spiro atoms. The molecule has 0 aromatic heterocycles. The van der Waals surface area contributed by atoms with Crippen molar-refractivity contribution in [2.45, 2.75) is 98.0 Å². The molecule has 0 saturated heterocycles. The van der Waals surface area contributed by atoms with Gasteiger partial charge in [-0.3, -0.25) is 4.79 Å². The number of esters is 1. The average Bonchev–Trinajstić information content (AvgIpc) is 2.51. The Balaban J connectivity index is 3.58. The molecule has 4 heteroatoms. The summed E-state index contributed by atoms with van der Waals surface area (Å²) in [6, 6.07) is 0. The molecule has 0 aromatic rings. The number of hydrogen-bond acceptors (Lipinski definition) is 4. The Morgan fingerprint density at radius 3 is 2.00 bits per heavy atom. The minimum Gasteiger partial charge on any atom is -0.457 e. The van der Waals surface area contributed by atoms with Gasteiger partial charge in [-0.05, 0) is 11.8 Å². The minimum atomic E-state index is -0.543. The van der Waals surface area contributed by atoms with E-state index in [0.717, 1.165) is 12.8 Å². The van der Waals surface area contributed by atoms with Crippen LogP contribution in [0.3, 0.4) is 0 Å². The molecule has 1 N–H and O–H groups in total. The van der Waals surface area contributed by atoms with Crippen molar-refractivity contribution in [1.82, 2.24) is 0 Å². The summed E-state index contributed by atoms with van der Waals surface area (Å²) in [5.41, 5.74) is 0.0700. The summed E-state index contributed by atoms with van der Waals surface area (Å²) >= 11 is 0. The highest BCUT2D eigenvalue weighted by atomic mass is 16.6. The molecular weight excluding hydrogens is 304 g/mol. The maximum Gasteiger partial charge on any atom is 0.306 e. The first kappa shape index (κ1) is 23.4. The number of aliphatic hydroxyl groups excluding tert-OH is 1. The lowest BCUT2D eigenvalue weighted by molar-refractivity contribution is -0.155. The van der Waals surface area contributed by atoms with E-state index < -0.39 is 6.10 Å². The van der Waals surface area contributed by atoms with Gasteiger partial charge in [-0.25, -0.2) is 0 Å². The highest BCUT2D eigenvalue weighted by Crippen LogP contribution is 2.14. The third kappa shape index (κ3) is 16.3. The Bertz CT molecular complexity index is 297. The molecule has 1 unspecified atom stereocenters. The van der Waals surface area contributed by atoms with Gasteiger partial charge in [0.25, 0.3) is 0 Å². The summed E-state index contributed by atoms with van der Waals surface area (Å²) in [5.74, 6) is -0.226. The van der Waals surface area contributed by atoms with Gasteiger partial charge in [0.15, 0.2) is 0 Å². The highest BCUT2D eigenvalue weighted by Gasteiger charge is 2.16. The zero-order chi connectivity index (χ0) is 18.3. The number of rotatable bonds is 15. The van der Waals surface area contributed by atoms with E-state index in [2.05, 4.69) is 27.7 Å². The Hall–Kier alpha value is -0.610. The quantitative estimate of drug-likeness (QED) is 0.340. The van der Waals surface area contributed by atoms with E-state index in [4.69, 9.17) is 9.47 Å². The number of ether oxygens (including phenoxy) is 2. The Morgan fingerprint density at radius 1 is 0.958 bits per heavy atom. The van der Waals surface area contributed by atoms with Crippen LogP contribution in [0, 0.1) is 5.41 Å². The zero-order valence-electron chi connectivity index (χ0n) is 16.4. The van der Waals surface area contributed by atoms with Crippen molar-refractivity contribution in [2.75, 3.05) is 19.8 Å². The van der Waals surface area contributed by atoms with Crippen molar-refractivity contribution in [1.29, 1.82) is 0 Å². The standard InChI is InChI=1S/C20H40O4/c1-5-6-7-8-9-10-11-12-13-14-19(22)24-18(15-21)16-23-17-20(2,3)4/h18,21H,5-17H2,1-4H3. The fourth-order valence-corrected chi connectivity index (χ4v) is 2.45. The molecular formula is C20H40O4. The average molecular weight is 345 g/mol. The SMILES string of the molecule is CCCCCCCCCCCC(=O)OC(CO)COCC(C)(C)C. The molecule has 0 radical (unpaired) electrons. The fraction of sp³-hybridized carbons (Fsp3) is 0.950. The summed E-state index contributed by atoms with van der Waals surface area (Å²) in [7, 11) is 0. The molecule has 0 heterocycles. The van der Waals surface area contributed by atoms with Gasteiger partial charge in [-0.1, -0.05) is 79.1 Å². The molecule has 24 heavy (non-hydrogen) atoms. The van der Waals surface area contributed by atoms with Crippen molar-refractivity contribution in [2.24, 2.45) is 5.41 Å². The second kappa shape index (κ2) is 14.7. The van der Waals surface area contributed by atoms with Crippen LogP contribution in [0.5, 0.6) is 0 Å². The third-order valence-electron chi connectivity index (χ3n) is 3.83. The second-order valence-corrected chi connectivity index (χ2v) is 7.95. The van der Waals surface area contributed by atoms with Gasteiger partial charge >= 0.3 is 5.97 Å². The molecule has 0 saturated carbocycles. The minimum absolute atomic E-state index is 0.0700. The molecule has 1 atom stereocenters. The van der Waals surface area contributed by atoms with Crippen molar-refractivity contribution in [3.05, 3.63) is 0 Å². The van der Waals surface area contributed by atoms with Gasteiger partial charge in [0.1, 0.15) is 6.10 Å². The molecule has 0 aromatic carbocycles. The van der Waals surface area contributed by atoms with Crippen molar-refractivity contribution in [3.8, 4) is 0 Å². The number of unbranched alkanes of at least 4 members (excludes halogenated alkanes) is 8. The van der Waals surface area contributed by atoms with E-state index >= 15 is 0 Å². The lowest BCUT2D eigenvalue weighted by Gasteiger charge is -2.21. The van der Waals surface area contributed by atoms with Crippen molar-refractivity contribution in [3.63, 3.8) is 0 Å². The van der Waals surface area contributed by atoms with E-state index in [1.165, 1.54) is 44.9 Å². The number of carbonyl (C=O) groups is 1. The largest absolute Gasteiger partial charge is 0.457 e. The van der Waals surface area contributed by atoms with E-state index in [-0.39, 0.29) is 24.6 Å². The van der Waals surface area contributed by atoms with Gasteiger partial charge in [0, 0.05) is 6.42 Å². The Morgan fingerprint density at radius 2 is 1.50 bits per heavy atom. The van der Waals surface area contributed by atoms with E-state index in [0.29, 0.717) is 13.0 Å². The lowest BCUT2D eigenvalue weighted by Crippen LogP contribution is -2.29. The summed E-state index contributed by atoms with van der Waals surface area (Å²) in [6.07, 6.45) is 10.9. The van der Waals surface area contributed by atoms with Gasteiger partial charge in [-0.15, -0.1) is 0 Å². The summed E-state index contributed by atoms with van der Waals surface area (Å²) in [4.78, 5) is 11.8. The smallest absolute Gasteiger partial charge is 0.306 e. The summed E-state index contributed by atoms with van der Waals surface area (Å²) < 4.78 is 10.8. The van der Waals surface area contributed by atoms with Crippen molar-refractivity contribution < 1.29 is 19.4 Å². The topological polar surface area (TPSA) is 55.8 Å². The predicted octanol–water partition coefficient (Wildman–Crippen LogP) is 4.87. The molecule has 0 rings (SSSR count). The van der Waals surface area contributed by atoms with Crippen LogP contribution < -0.4 is 0 Å². The molecule has 0 bridgehead atoms. The van der Waals surface area contributed by atoms with Gasteiger partial charge < -0.3 is 14.6 Å². The second-order valence-electron chi connectivity index (χ2n) is 7.95. The van der Waals surface area contributed by atoms with Crippen LogP contribution in [0.1, 0.15) is 91.9 Å². The monoisotopic (exact) mass is 344 g/mol. The highest BCUT2D eigenvalue weighted by molar-refractivity contribution is 5.69. The zero-order valence-corrected chi connectivity index (χ0v) is 16.4. The molecule has 0 aliphatic heterocycles. The van der Waals surface area contributed by atoms with Crippen LogP contribution in [0.2, 0.25) is 0 Å². The lowest BCUT2D eigenvalue weighted by atomic mass is 9.99. The third-order valence-corrected chi connectivity index (χ3v) is 3.83. The molecule has 0 amide bonds. The number of carbonyl (C=O) groups excluding carboxylic acids is 1. The van der Waals surface area contributed by atoms with Crippen LogP contribution in [-0.2, 0) is 14.3 Å². The van der Waals surface area contributed by atoms with Crippen LogP contribution in [0.15, 0.2) is 0 Å². The molecule has 0 fully saturated rings. The van der Waals surface area contributed by atoms with Crippen LogP contribution in [0.25, 0.3) is 0 Å². The van der Waals surface area contributed by atoms with Crippen LogP contribution >= 0.6 is 0 Å². The maximum absolute atomic E-state index is 11.8. The van der Waals surface area contributed by atoms with Crippen LogP contribution in [-0.4, -0.2) is 37.0 Å².